The first-order valence-corrected chi connectivity index (χ1v) is 6.88. The summed E-state index contributed by atoms with van der Waals surface area (Å²) in [6.07, 6.45) is 3.82. The van der Waals surface area contributed by atoms with E-state index < -0.39 is 0 Å². The molecule has 1 heteroatoms. The molecule has 0 fully saturated rings. The molecule has 0 heterocycles. The molecule has 0 amide bonds. The fourth-order valence-corrected chi connectivity index (χ4v) is 2.55. The number of nitrogens with one attached hydrogen (secondary N) is 1. The van der Waals surface area contributed by atoms with Gasteiger partial charge in [0.15, 0.2) is 0 Å². The summed E-state index contributed by atoms with van der Waals surface area (Å²) in [6.45, 7) is 8.01. The van der Waals surface area contributed by atoms with E-state index in [9.17, 15) is 0 Å². The molecule has 0 aliphatic heterocycles. The van der Waals surface area contributed by atoms with Gasteiger partial charge in [0.25, 0.3) is 0 Å². The van der Waals surface area contributed by atoms with Crippen LogP contribution >= 0.6 is 0 Å². The van der Waals surface area contributed by atoms with Gasteiger partial charge in [0.1, 0.15) is 0 Å². The van der Waals surface area contributed by atoms with Gasteiger partial charge in [-0.3, -0.25) is 0 Å². The molecule has 0 radical (unpaired) electrons. The van der Waals surface area contributed by atoms with Gasteiger partial charge in [-0.2, -0.15) is 0 Å². The van der Waals surface area contributed by atoms with Gasteiger partial charge >= 0.3 is 0 Å². The van der Waals surface area contributed by atoms with E-state index in [1.165, 1.54) is 30.4 Å². The highest BCUT2D eigenvalue weighted by Gasteiger charge is 2.17. The highest BCUT2D eigenvalue weighted by molar-refractivity contribution is 5.26. The lowest BCUT2D eigenvalue weighted by Crippen LogP contribution is -2.26. The lowest BCUT2D eigenvalue weighted by atomic mass is 9.84. The first-order valence-electron chi connectivity index (χ1n) is 6.88. The van der Waals surface area contributed by atoms with E-state index in [1.807, 2.05) is 0 Å². The zero-order valence-electron chi connectivity index (χ0n) is 11.8. The molecular weight excluding hydrogens is 206 g/mol. The van der Waals surface area contributed by atoms with Gasteiger partial charge in [-0.25, -0.2) is 0 Å². The van der Waals surface area contributed by atoms with Crippen molar-refractivity contribution in [3.05, 3.63) is 35.4 Å². The van der Waals surface area contributed by atoms with Gasteiger partial charge < -0.3 is 5.32 Å². The molecule has 1 aromatic carbocycles. The number of benzene rings is 1. The van der Waals surface area contributed by atoms with Gasteiger partial charge in [-0.15, -0.1) is 0 Å². The van der Waals surface area contributed by atoms with Gasteiger partial charge in [0, 0.05) is 0 Å². The smallest absolute Gasteiger partial charge is 0.00178 e. The molecule has 1 nitrogen and oxygen atoms in total. The van der Waals surface area contributed by atoms with Crippen LogP contribution in [0.4, 0.5) is 0 Å². The zero-order chi connectivity index (χ0) is 12.7. The highest BCUT2D eigenvalue weighted by atomic mass is 14.8. The molecule has 17 heavy (non-hydrogen) atoms. The van der Waals surface area contributed by atoms with Crippen molar-refractivity contribution >= 4 is 0 Å². The zero-order valence-corrected chi connectivity index (χ0v) is 11.8. The van der Waals surface area contributed by atoms with E-state index in [2.05, 4.69) is 57.4 Å². The quantitative estimate of drug-likeness (QED) is 0.755. The van der Waals surface area contributed by atoms with Crippen molar-refractivity contribution in [1.29, 1.82) is 0 Å². The number of rotatable bonds is 7. The predicted molar refractivity (Wildman–Crippen MR) is 76.4 cm³/mol. The summed E-state index contributed by atoms with van der Waals surface area (Å²) in [4.78, 5) is 0. The maximum Gasteiger partial charge on any atom is -0.00178 e. The molecule has 0 aliphatic carbocycles. The first kappa shape index (κ1) is 14.2. The fraction of sp³-hybridized carbons (Fsp3) is 0.625. The van der Waals surface area contributed by atoms with Crippen molar-refractivity contribution in [2.45, 2.75) is 40.0 Å². The molecule has 2 atom stereocenters. The van der Waals surface area contributed by atoms with E-state index >= 15 is 0 Å². The van der Waals surface area contributed by atoms with Crippen LogP contribution in [-0.4, -0.2) is 13.6 Å². The standard InChI is InChI=1S/C16H27N/c1-5-8-13(2)16(12-17-4)11-15-10-7-6-9-14(15)3/h6-7,9-10,13,16-17H,5,8,11-12H2,1-4H3. The molecule has 96 valence electrons. The molecule has 0 spiro atoms. The van der Waals surface area contributed by atoms with Crippen LogP contribution in [0.5, 0.6) is 0 Å². The SMILES string of the molecule is CCCC(C)C(CNC)Cc1ccccc1C. The van der Waals surface area contributed by atoms with Crippen molar-refractivity contribution in [1.82, 2.24) is 5.32 Å². The predicted octanol–water partition coefficient (Wildman–Crippen LogP) is 3.81. The lowest BCUT2D eigenvalue weighted by Gasteiger charge is -2.24. The van der Waals surface area contributed by atoms with Crippen LogP contribution in [0.2, 0.25) is 0 Å². The molecule has 2 unspecified atom stereocenters. The molecule has 0 aromatic heterocycles. The number of aryl methyl sites for hydroxylation is 1. The Labute approximate surface area is 107 Å². The highest BCUT2D eigenvalue weighted by Crippen LogP contribution is 2.22. The average molecular weight is 233 g/mol. The van der Waals surface area contributed by atoms with Crippen molar-refractivity contribution < 1.29 is 0 Å². The van der Waals surface area contributed by atoms with Gasteiger partial charge in [-0.1, -0.05) is 51.0 Å². The van der Waals surface area contributed by atoms with Crippen molar-refractivity contribution in [3.63, 3.8) is 0 Å². The lowest BCUT2D eigenvalue weighted by molar-refractivity contribution is 0.324. The number of hydrogen-bond acceptors (Lipinski definition) is 1. The Bertz CT molecular complexity index is 319. The second kappa shape index (κ2) is 7.50. The Balaban J connectivity index is 2.69. The molecular formula is C16H27N. The van der Waals surface area contributed by atoms with Crippen molar-refractivity contribution in [3.8, 4) is 0 Å². The summed E-state index contributed by atoms with van der Waals surface area (Å²) in [5, 5.41) is 3.35. The van der Waals surface area contributed by atoms with Gasteiger partial charge in [0.2, 0.25) is 0 Å². The molecule has 1 rings (SSSR count). The van der Waals surface area contributed by atoms with Crippen molar-refractivity contribution in [2.75, 3.05) is 13.6 Å². The van der Waals surface area contributed by atoms with Crippen LogP contribution in [0, 0.1) is 18.8 Å². The maximum absolute atomic E-state index is 3.35. The first-order chi connectivity index (χ1) is 8.19. The summed E-state index contributed by atoms with van der Waals surface area (Å²) >= 11 is 0. The van der Waals surface area contributed by atoms with E-state index in [4.69, 9.17) is 0 Å². The Morgan fingerprint density at radius 1 is 1.24 bits per heavy atom. The summed E-state index contributed by atoms with van der Waals surface area (Å²) in [6, 6.07) is 8.78. The fourth-order valence-electron chi connectivity index (χ4n) is 2.55. The normalized spacial score (nSPS) is 14.6. The topological polar surface area (TPSA) is 12.0 Å². The van der Waals surface area contributed by atoms with Crippen molar-refractivity contribution in [2.24, 2.45) is 11.8 Å². The van der Waals surface area contributed by atoms with Crippen LogP contribution in [-0.2, 0) is 6.42 Å². The van der Waals surface area contributed by atoms with Crippen LogP contribution in [0.15, 0.2) is 24.3 Å². The van der Waals surface area contributed by atoms with Crippen LogP contribution in [0.3, 0.4) is 0 Å². The minimum absolute atomic E-state index is 0.751. The van der Waals surface area contributed by atoms with Gasteiger partial charge in [0.05, 0.1) is 0 Å². The second-order valence-corrected chi connectivity index (χ2v) is 5.21. The third-order valence-electron chi connectivity index (χ3n) is 3.76. The second-order valence-electron chi connectivity index (χ2n) is 5.21. The molecule has 1 N–H and O–H groups in total. The van der Waals surface area contributed by atoms with Crippen LogP contribution in [0.25, 0.3) is 0 Å². The van der Waals surface area contributed by atoms with E-state index in [0.717, 1.165) is 18.4 Å². The summed E-state index contributed by atoms with van der Waals surface area (Å²) in [7, 11) is 2.06. The summed E-state index contributed by atoms with van der Waals surface area (Å²) in [5.41, 5.74) is 2.94. The van der Waals surface area contributed by atoms with E-state index in [0.29, 0.717) is 0 Å². The Morgan fingerprint density at radius 3 is 2.53 bits per heavy atom. The van der Waals surface area contributed by atoms with Crippen LogP contribution < -0.4 is 5.32 Å². The maximum atomic E-state index is 3.35. The third-order valence-corrected chi connectivity index (χ3v) is 3.76. The number of hydrogen-bond donors (Lipinski definition) is 1. The van der Waals surface area contributed by atoms with Gasteiger partial charge in [-0.05, 0) is 49.9 Å². The summed E-state index contributed by atoms with van der Waals surface area (Å²) < 4.78 is 0. The Kier molecular flexibility index (Phi) is 6.28. The van der Waals surface area contributed by atoms with Crippen LogP contribution in [0.1, 0.15) is 37.8 Å². The minimum atomic E-state index is 0.751. The monoisotopic (exact) mass is 233 g/mol. The van der Waals surface area contributed by atoms with E-state index in [-0.39, 0.29) is 0 Å². The molecule has 0 bridgehead atoms. The molecule has 0 saturated carbocycles. The summed E-state index contributed by atoms with van der Waals surface area (Å²) in [5.74, 6) is 1.55. The van der Waals surface area contributed by atoms with E-state index in [1.54, 1.807) is 0 Å². The minimum Gasteiger partial charge on any atom is -0.319 e. The molecule has 0 saturated heterocycles. The molecule has 1 aromatic rings. The third kappa shape index (κ3) is 4.51. The molecule has 0 aliphatic rings. The largest absolute Gasteiger partial charge is 0.319 e. The Hall–Kier alpha value is -0.820. The Morgan fingerprint density at radius 2 is 1.94 bits per heavy atom. The average Bonchev–Trinajstić information content (AvgIpc) is 2.31.